The molecular formula is C14H9FN6. The van der Waals surface area contributed by atoms with Gasteiger partial charge in [0.25, 0.3) is 0 Å². The minimum absolute atomic E-state index is 0.272. The molecule has 2 aromatic heterocycles. The van der Waals surface area contributed by atoms with Crippen molar-refractivity contribution in [2.24, 2.45) is 0 Å². The molecule has 0 fully saturated rings. The van der Waals surface area contributed by atoms with Crippen LogP contribution in [0.1, 0.15) is 0 Å². The smallest absolute Gasteiger partial charge is 0.204 e. The Morgan fingerprint density at radius 2 is 1.71 bits per heavy atom. The maximum absolute atomic E-state index is 13.0. The van der Waals surface area contributed by atoms with E-state index in [1.165, 1.54) is 12.1 Å². The van der Waals surface area contributed by atoms with Gasteiger partial charge in [-0.05, 0) is 47.7 Å². The molecule has 0 atom stereocenters. The maximum Gasteiger partial charge on any atom is 0.204 e. The Labute approximate surface area is 118 Å². The summed E-state index contributed by atoms with van der Waals surface area (Å²) in [5.41, 5.74) is 3.32. The lowest BCUT2D eigenvalue weighted by atomic mass is 10.1. The summed E-state index contributed by atoms with van der Waals surface area (Å²) in [6.07, 6.45) is 0. The number of aromatic nitrogens is 6. The van der Waals surface area contributed by atoms with Crippen LogP contribution < -0.4 is 0 Å². The summed E-state index contributed by atoms with van der Waals surface area (Å²) < 4.78 is 13.0. The number of nitrogens with zero attached hydrogens (tertiary/aromatic N) is 4. The first-order valence-corrected chi connectivity index (χ1v) is 6.29. The summed E-state index contributed by atoms with van der Waals surface area (Å²) in [6.45, 7) is 0. The zero-order valence-corrected chi connectivity index (χ0v) is 10.7. The van der Waals surface area contributed by atoms with E-state index in [1.807, 2.05) is 18.2 Å². The van der Waals surface area contributed by atoms with Crippen LogP contribution in [0, 0.1) is 5.82 Å². The monoisotopic (exact) mass is 280 g/mol. The van der Waals surface area contributed by atoms with E-state index in [0.29, 0.717) is 5.82 Å². The molecule has 4 aromatic rings. The summed E-state index contributed by atoms with van der Waals surface area (Å²) in [5.74, 6) is 0.245. The zero-order chi connectivity index (χ0) is 14.2. The highest BCUT2D eigenvalue weighted by atomic mass is 19.1. The van der Waals surface area contributed by atoms with Crippen LogP contribution in [0.5, 0.6) is 0 Å². The summed E-state index contributed by atoms with van der Waals surface area (Å²) >= 11 is 0. The lowest BCUT2D eigenvalue weighted by molar-refractivity contribution is 0.628. The van der Waals surface area contributed by atoms with Crippen molar-refractivity contribution >= 4 is 10.9 Å². The molecule has 0 aliphatic carbocycles. The number of benzene rings is 2. The van der Waals surface area contributed by atoms with Gasteiger partial charge in [0, 0.05) is 16.5 Å². The van der Waals surface area contributed by atoms with E-state index >= 15 is 0 Å². The number of nitrogens with one attached hydrogen (secondary N) is 2. The van der Waals surface area contributed by atoms with Crippen molar-refractivity contribution < 1.29 is 4.39 Å². The number of fused-ring (bicyclic) bond motifs is 1. The predicted octanol–water partition coefficient (Wildman–Crippen LogP) is 2.55. The molecule has 4 rings (SSSR count). The number of rotatable bonds is 2. The Morgan fingerprint density at radius 1 is 0.905 bits per heavy atom. The second-order valence-corrected chi connectivity index (χ2v) is 4.57. The van der Waals surface area contributed by atoms with Gasteiger partial charge in [0.15, 0.2) is 0 Å². The van der Waals surface area contributed by atoms with Crippen LogP contribution in [-0.4, -0.2) is 30.8 Å². The number of aromatic amines is 2. The Hall–Kier alpha value is -3.09. The molecule has 21 heavy (non-hydrogen) atoms. The van der Waals surface area contributed by atoms with Gasteiger partial charge in [0.05, 0.1) is 11.2 Å². The van der Waals surface area contributed by atoms with Crippen molar-refractivity contribution in [2.45, 2.75) is 0 Å². The fourth-order valence-electron chi connectivity index (χ4n) is 2.27. The number of hydrogen-bond donors (Lipinski definition) is 2. The van der Waals surface area contributed by atoms with Crippen molar-refractivity contribution in [1.82, 2.24) is 30.8 Å². The molecule has 0 aliphatic heterocycles. The number of halogens is 1. The highest BCUT2D eigenvalue weighted by Gasteiger charge is 2.11. The fraction of sp³-hybridized carbons (Fsp3) is 0. The average Bonchev–Trinajstić information content (AvgIpc) is 3.17. The minimum Gasteiger partial charge on any atom is -0.277 e. The highest BCUT2D eigenvalue weighted by molar-refractivity contribution is 5.95. The number of H-pyrrole nitrogens is 2. The molecular weight excluding hydrogens is 271 g/mol. The van der Waals surface area contributed by atoms with Crippen LogP contribution in [0.2, 0.25) is 0 Å². The molecule has 2 aromatic carbocycles. The topological polar surface area (TPSA) is 83.1 Å². The third-order valence-electron chi connectivity index (χ3n) is 3.28. The lowest BCUT2D eigenvalue weighted by Crippen LogP contribution is -1.83. The van der Waals surface area contributed by atoms with Crippen LogP contribution in [-0.2, 0) is 0 Å². The van der Waals surface area contributed by atoms with Crippen molar-refractivity contribution in [2.75, 3.05) is 0 Å². The van der Waals surface area contributed by atoms with Gasteiger partial charge in [-0.3, -0.25) is 5.10 Å². The van der Waals surface area contributed by atoms with Crippen LogP contribution in [0.15, 0.2) is 42.5 Å². The average molecular weight is 280 g/mol. The molecule has 102 valence electrons. The van der Waals surface area contributed by atoms with Gasteiger partial charge in [-0.15, -0.1) is 10.2 Å². The van der Waals surface area contributed by atoms with Crippen LogP contribution in [0.3, 0.4) is 0 Å². The van der Waals surface area contributed by atoms with Gasteiger partial charge in [-0.25, -0.2) is 4.39 Å². The summed E-state index contributed by atoms with van der Waals surface area (Å²) in [7, 11) is 0. The van der Waals surface area contributed by atoms with E-state index < -0.39 is 0 Å². The SMILES string of the molecule is Fc1ccc(-c2n[nH]c3ccc(-c4nn[nH]n4)cc23)cc1. The first kappa shape index (κ1) is 11.7. The third-order valence-corrected chi connectivity index (χ3v) is 3.28. The molecule has 0 saturated carbocycles. The number of hydrogen-bond acceptors (Lipinski definition) is 4. The first-order valence-electron chi connectivity index (χ1n) is 6.29. The molecule has 0 bridgehead atoms. The molecule has 0 unspecified atom stereocenters. The summed E-state index contributed by atoms with van der Waals surface area (Å²) in [6, 6.07) is 12.0. The minimum atomic E-state index is -0.272. The highest BCUT2D eigenvalue weighted by Crippen LogP contribution is 2.29. The van der Waals surface area contributed by atoms with Crippen LogP contribution in [0.4, 0.5) is 4.39 Å². The third kappa shape index (κ3) is 1.95. The summed E-state index contributed by atoms with van der Waals surface area (Å²) in [5, 5.41) is 22.1. The Bertz CT molecular complexity index is 895. The van der Waals surface area contributed by atoms with E-state index in [1.54, 1.807) is 12.1 Å². The van der Waals surface area contributed by atoms with Crippen molar-refractivity contribution in [3.8, 4) is 22.6 Å². The molecule has 0 saturated heterocycles. The van der Waals surface area contributed by atoms with E-state index in [-0.39, 0.29) is 5.82 Å². The van der Waals surface area contributed by atoms with Crippen LogP contribution in [0.25, 0.3) is 33.5 Å². The normalized spacial score (nSPS) is 11.1. The first-order chi connectivity index (χ1) is 10.3. The van der Waals surface area contributed by atoms with Gasteiger partial charge in [0.2, 0.25) is 5.82 Å². The van der Waals surface area contributed by atoms with Gasteiger partial charge in [0.1, 0.15) is 5.82 Å². The molecule has 0 aliphatic rings. The zero-order valence-electron chi connectivity index (χ0n) is 10.7. The van der Waals surface area contributed by atoms with Gasteiger partial charge < -0.3 is 0 Å². The standard InChI is InChI=1S/C14H9FN6/c15-10-4-1-8(2-5-10)13-11-7-9(14-18-20-21-19-14)3-6-12(11)16-17-13/h1-7H,(H,16,17)(H,18,19,20,21). The predicted molar refractivity (Wildman–Crippen MR) is 74.7 cm³/mol. The largest absolute Gasteiger partial charge is 0.277 e. The van der Waals surface area contributed by atoms with Gasteiger partial charge >= 0.3 is 0 Å². The molecule has 0 amide bonds. The second-order valence-electron chi connectivity index (χ2n) is 4.57. The Balaban J connectivity index is 1.90. The van der Waals surface area contributed by atoms with Gasteiger partial charge in [-0.2, -0.15) is 10.3 Å². The van der Waals surface area contributed by atoms with Crippen molar-refractivity contribution in [3.63, 3.8) is 0 Å². The van der Waals surface area contributed by atoms with Crippen molar-refractivity contribution in [1.29, 1.82) is 0 Å². The molecule has 6 nitrogen and oxygen atoms in total. The number of tetrazole rings is 1. The van der Waals surface area contributed by atoms with E-state index in [2.05, 4.69) is 30.8 Å². The molecule has 2 heterocycles. The molecule has 0 spiro atoms. The maximum atomic E-state index is 13.0. The Morgan fingerprint density at radius 3 is 2.48 bits per heavy atom. The second kappa shape index (κ2) is 4.48. The molecule has 0 radical (unpaired) electrons. The molecule has 7 heteroatoms. The quantitative estimate of drug-likeness (QED) is 0.591. The fourth-order valence-corrected chi connectivity index (χ4v) is 2.27. The van der Waals surface area contributed by atoms with E-state index in [4.69, 9.17) is 0 Å². The van der Waals surface area contributed by atoms with E-state index in [9.17, 15) is 4.39 Å². The summed E-state index contributed by atoms with van der Waals surface area (Å²) in [4.78, 5) is 0. The lowest BCUT2D eigenvalue weighted by Gasteiger charge is -1.99. The van der Waals surface area contributed by atoms with E-state index in [0.717, 1.165) is 27.7 Å². The molecule has 2 N–H and O–H groups in total. The van der Waals surface area contributed by atoms with Gasteiger partial charge in [-0.1, -0.05) is 0 Å². The Kier molecular flexibility index (Phi) is 2.50. The van der Waals surface area contributed by atoms with Crippen molar-refractivity contribution in [3.05, 3.63) is 48.3 Å². The van der Waals surface area contributed by atoms with Crippen LogP contribution >= 0.6 is 0 Å².